The average Bonchev–Trinajstić information content (AvgIpc) is 2.79. The van der Waals surface area contributed by atoms with Crippen LogP contribution in [0.5, 0.6) is 0 Å². The minimum Gasteiger partial charge on any atom is -0.461 e. The molecule has 128 valence electrons. The van der Waals surface area contributed by atoms with Crippen LogP contribution in [0.2, 0.25) is 0 Å². The molecular weight excluding hydrogens is 300 g/mol. The first-order valence-corrected chi connectivity index (χ1v) is 8.11. The van der Waals surface area contributed by atoms with Gasteiger partial charge in [0.05, 0.1) is 18.1 Å². The van der Waals surface area contributed by atoms with Gasteiger partial charge >= 0.3 is 11.9 Å². The summed E-state index contributed by atoms with van der Waals surface area (Å²) in [7, 11) is 0. The molecule has 0 aromatic rings. The van der Waals surface area contributed by atoms with E-state index in [2.05, 4.69) is 6.58 Å². The molecule has 6 heteroatoms. The van der Waals surface area contributed by atoms with Crippen LogP contribution < -0.4 is 0 Å². The normalized spacial score (nSPS) is 49.2. The van der Waals surface area contributed by atoms with Gasteiger partial charge in [0.25, 0.3) is 0 Å². The number of hydrogen-bond acceptors (Lipinski definition) is 6. The summed E-state index contributed by atoms with van der Waals surface area (Å²) < 4.78 is 11.0. The lowest BCUT2D eigenvalue weighted by atomic mass is 9.67. The largest absolute Gasteiger partial charge is 0.461 e. The number of esters is 2. The van der Waals surface area contributed by atoms with Crippen molar-refractivity contribution in [3.05, 3.63) is 12.2 Å². The molecule has 1 heterocycles. The van der Waals surface area contributed by atoms with E-state index in [1.807, 2.05) is 13.8 Å². The second-order valence-electron chi connectivity index (χ2n) is 7.45. The van der Waals surface area contributed by atoms with Crippen molar-refractivity contribution in [3.8, 4) is 0 Å². The molecule has 0 unspecified atom stereocenters. The third-order valence-electron chi connectivity index (χ3n) is 6.09. The molecule has 2 aliphatic carbocycles. The smallest absolute Gasteiger partial charge is 0.334 e. The lowest BCUT2D eigenvalue weighted by molar-refractivity contribution is -0.168. The maximum atomic E-state index is 12.0. The molecule has 3 rings (SSSR count). The summed E-state index contributed by atoms with van der Waals surface area (Å²) in [4.78, 5) is 23.6. The molecule has 0 spiro atoms. The van der Waals surface area contributed by atoms with E-state index in [0.29, 0.717) is 6.42 Å². The zero-order chi connectivity index (χ0) is 17.1. The van der Waals surface area contributed by atoms with Gasteiger partial charge in [-0.05, 0) is 18.3 Å². The second kappa shape index (κ2) is 5.31. The van der Waals surface area contributed by atoms with Gasteiger partial charge in [0.2, 0.25) is 0 Å². The first-order chi connectivity index (χ1) is 10.7. The molecular formula is C17H24O6. The van der Waals surface area contributed by atoms with Crippen molar-refractivity contribution >= 4 is 11.9 Å². The Kier molecular flexibility index (Phi) is 3.80. The Morgan fingerprint density at radius 1 is 1.39 bits per heavy atom. The highest BCUT2D eigenvalue weighted by Gasteiger charge is 2.65. The second-order valence-corrected chi connectivity index (χ2v) is 7.45. The van der Waals surface area contributed by atoms with Crippen molar-refractivity contribution in [1.82, 2.24) is 0 Å². The Bertz CT molecular complexity index is 557. The molecule has 0 amide bonds. The fourth-order valence-electron chi connectivity index (χ4n) is 5.14. The topological polar surface area (TPSA) is 93.1 Å². The van der Waals surface area contributed by atoms with Gasteiger partial charge < -0.3 is 19.7 Å². The van der Waals surface area contributed by atoms with E-state index in [-0.39, 0.29) is 23.8 Å². The van der Waals surface area contributed by atoms with Gasteiger partial charge in [0.15, 0.2) is 0 Å². The van der Waals surface area contributed by atoms with E-state index in [1.54, 1.807) is 0 Å². The van der Waals surface area contributed by atoms with E-state index in [9.17, 15) is 19.8 Å². The fraction of sp³-hybridized carbons (Fsp3) is 0.765. The van der Waals surface area contributed by atoms with Crippen molar-refractivity contribution in [2.45, 2.75) is 58.0 Å². The molecule has 8 atom stereocenters. The highest BCUT2D eigenvalue weighted by atomic mass is 16.6. The average molecular weight is 324 g/mol. The van der Waals surface area contributed by atoms with Crippen molar-refractivity contribution < 1.29 is 29.3 Å². The molecule has 0 aromatic carbocycles. The van der Waals surface area contributed by atoms with Gasteiger partial charge in [-0.3, -0.25) is 4.79 Å². The molecule has 0 bridgehead atoms. The standard InChI is InChI=1S/C17H24O6/c1-7-5-11-13(8(2)16(21)23-11)15(22-9(3)18)17(4)12(20)6-10(19)14(7)17/h7,10-15,19-20H,2,5-6H2,1,3-4H3/t7-,10+,11+,12-,13-,14-,15-,17-/m1/s1. The summed E-state index contributed by atoms with van der Waals surface area (Å²) in [6.45, 7) is 8.94. The van der Waals surface area contributed by atoms with Gasteiger partial charge in [-0.1, -0.05) is 20.4 Å². The summed E-state index contributed by atoms with van der Waals surface area (Å²) in [5, 5.41) is 21.1. The van der Waals surface area contributed by atoms with Crippen LogP contribution in [0.25, 0.3) is 0 Å². The van der Waals surface area contributed by atoms with Gasteiger partial charge in [-0.15, -0.1) is 0 Å². The van der Waals surface area contributed by atoms with Gasteiger partial charge in [-0.2, -0.15) is 0 Å². The summed E-state index contributed by atoms with van der Waals surface area (Å²) in [6, 6.07) is 0. The highest BCUT2D eigenvalue weighted by Crippen LogP contribution is 2.58. The summed E-state index contributed by atoms with van der Waals surface area (Å²) in [5.41, 5.74) is -0.565. The lowest BCUT2D eigenvalue weighted by Gasteiger charge is -2.43. The Morgan fingerprint density at radius 3 is 2.65 bits per heavy atom. The molecule has 6 nitrogen and oxygen atoms in total. The Labute approximate surface area is 135 Å². The molecule has 0 aromatic heterocycles. The van der Waals surface area contributed by atoms with E-state index in [4.69, 9.17) is 9.47 Å². The molecule has 0 radical (unpaired) electrons. The van der Waals surface area contributed by atoms with E-state index in [1.165, 1.54) is 6.92 Å². The summed E-state index contributed by atoms with van der Waals surface area (Å²) in [6.07, 6.45) is -1.89. The van der Waals surface area contributed by atoms with Crippen molar-refractivity contribution in [1.29, 1.82) is 0 Å². The Morgan fingerprint density at radius 2 is 2.04 bits per heavy atom. The van der Waals surface area contributed by atoms with Crippen molar-refractivity contribution in [3.63, 3.8) is 0 Å². The van der Waals surface area contributed by atoms with Crippen molar-refractivity contribution in [2.24, 2.45) is 23.2 Å². The number of aliphatic hydroxyl groups is 2. The fourth-order valence-corrected chi connectivity index (χ4v) is 5.14. The number of ether oxygens (including phenoxy) is 2. The lowest BCUT2D eigenvalue weighted by Crippen LogP contribution is -2.51. The zero-order valence-electron chi connectivity index (χ0n) is 13.7. The van der Waals surface area contributed by atoms with E-state index < -0.39 is 47.7 Å². The Hall–Kier alpha value is -1.40. The predicted molar refractivity (Wildman–Crippen MR) is 80.1 cm³/mol. The third kappa shape index (κ3) is 2.22. The molecule has 1 aliphatic heterocycles. The molecule has 23 heavy (non-hydrogen) atoms. The number of carbonyl (C=O) groups excluding carboxylic acids is 2. The highest BCUT2D eigenvalue weighted by molar-refractivity contribution is 5.91. The molecule has 3 aliphatic rings. The maximum Gasteiger partial charge on any atom is 0.334 e. The molecule has 3 fully saturated rings. The quantitative estimate of drug-likeness (QED) is 0.547. The number of fused-ring (bicyclic) bond motifs is 2. The van der Waals surface area contributed by atoms with Crippen LogP contribution in [0.3, 0.4) is 0 Å². The van der Waals surface area contributed by atoms with Crippen LogP contribution in [0.4, 0.5) is 0 Å². The number of aliphatic hydroxyl groups excluding tert-OH is 2. The third-order valence-corrected chi connectivity index (χ3v) is 6.09. The summed E-state index contributed by atoms with van der Waals surface area (Å²) in [5.74, 6) is -1.66. The summed E-state index contributed by atoms with van der Waals surface area (Å²) >= 11 is 0. The number of hydrogen-bond donors (Lipinski definition) is 2. The van der Waals surface area contributed by atoms with Crippen LogP contribution in [-0.2, 0) is 19.1 Å². The van der Waals surface area contributed by atoms with Crippen LogP contribution in [-0.4, -0.2) is 46.6 Å². The predicted octanol–water partition coefficient (Wildman–Crippen LogP) is 0.804. The van der Waals surface area contributed by atoms with Crippen LogP contribution in [0.15, 0.2) is 12.2 Å². The molecule has 2 N–H and O–H groups in total. The van der Waals surface area contributed by atoms with E-state index in [0.717, 1.165) is 0 Å². The maximum absolute atomic E-state index is 12.0. The van der Waals surface area contributed by atoms with Gasteiger partial charge in [0.1, 0.15) is 12.2 Å². The van der Waals surface area contributed by atoms with Crippen LogP contribution in [0.1, 0.15) is 33.6 Å². The van der Waals surface area contributed by atoms with Crippen molar-refractivity contribution in [2.75, 3.05) is 0 Å². The first kappa shape index (κ1) is 16.5. The zero-order valence-corrected chi connectivity index (χ0v) is 13.7. The van der Waals surface area contributed by atoms with Gasteiger partial charge in [0, 0.05) is 24.3 Å². The van der Waals surface area contributed by atoms with Gasteiger partial charge in [-0.25, -0.2) is 4.79 Å². The monoisotopic (exact) mass is 324 g/mol. The SMILES string of the molecule is C=C1C(=O)O[C@H]2C[C@@H](C)[C@@H]3[C@@H](O)C[C@@H](O)[C@@]3(C)[C@H](OC(C)=O)[C@H]12. The van der Waals surface area contributed by atoms with E-state index >= 15 is 0 Å². The number of rotatable bonds is 1. The minimum atomic E-state index is -0.846. The van der Waals surface area contributed by atoms with Crippen LogP contribution >= 0.6 is 0 Å². The molecule has 1 saturated heterocycles. The minimum absolute atomic E-state index is 0.0129. The van der Waals surface area contributed by atoms with Crippen LogP contribution in [0, 0.1) is 23.2 Å². The Balaban J connectivity index is 2.12. The molecule has 2 saturated carbocycles. The first-order valence-electron chi connectivity index (χ1n) is 8.11. The number of carbonyl (C=O) groups is 2.